The summed E-state index contributed by atoms with van der Waals surface area (Å²) < 4.78 is 1.05. The van der Waals surface area contributed by atoms with Crippen LogP contribution in [0.2, 0.25) is 0 Å². The van der Waals surface area contributed by atoms with Crippen molar-refractivity contribution in [2.45, 2.75) is 33.6 Å². The molecule has 2 amide bonds. The number of anilines is 1. The molecule has 0 bridgehead atoms. The van der Waals surface area contributed by atoms with Crippen LogP contribution in [0.15, 0.2) is 36.4 Å². The minimum absolute atomic E-state index is 0.0523. The summed E-state index contributed by atoms with van der Waals surface area (Å²) in [6.45, 7) is 5.85. The van der Waals surface area contributed by atoms with Crippen molar-refractivity contribution in [3.8, 4) is 0 Å². The van der Waals surface area contributed by atoms with E-state index in [-0.39, 0.29) is 37.0 Å². The molecule has 0 saturated heterocycles. The van der Waals surface area contributed by atoms with Crippen molar-refractivity contribution in [3.63, 3.8) is 0 Å². The fraction of sp³-hybridized carbons (Fsp3) is 0.318. The highest BCUT2D eigenvalue weighted by molar-refractivity contribution is 14.1. The molecule has 5 nitrogen and oxygen atoms in total. The fourth-order valence-corrected chi connectivity index (χ4v) is 3.41. The molecule has 0 saturated carbocycles. The first kappa shape index (κ1) is 22.1. The molecule has 0 aliphatic rings. The lowest BCUT2D eigenvalue weighted by Gasteiger charge is -2.18. The zero-order valence-electron chi connectivity index (χ0n) is 16.6. The topological polar surface area (TPSA) is 66.5 Å². The Morgan fingerprint density at radius 1 is 0.964 bits per heavy atom. The number of hydrogen-bond acceptors (Lipinski definition) is 3. The molecule has 0 radical (unpaired) electrons. The first-order valence-corrected chi connectivity index (χ1v) is 10.2. The number of nitrogens with one attached hydrogen (secondary N) is 1. The maximum absolute atomic E-state index is 12.3. The molecule has 2 aromatic carbocycles. The van der Waals surface area contributed by atoms with Gasteiger partial charge in [0.1, 0.15) is 0 Å². The molecule has 0 fully saturated rings. The summed E-state index contributed by atoms with van der Waals surface area (Å²) in [5.41, 5.74) is 4.49. The van der Waals surface area contributed by atoms with E-state index in [9.17, 15) is 14.4 Å². The quantitative estimate of drug-likeness (QED) is 0.464. The number of carbonyl (C=O) groups excluding carboxylic acids is 3. The number of nitrogens with zero attached hydrogens (tertiary/aromatic N) is 1. The van der Waals surface area contributed by atoms with Crippen LogP contribution in [0.4, 0.5) is 5.69 Å². The molecule has 2 rings (SSSR count). The lowest BCUT2D eigenvalue weighted by molar-refractivity contribution is -0.133. The van der Waals surface area contributed by atoms with Gasteiger partial charge in [-0.1, -0.05) is 29.8 Å². The number of rotatable bonds is 7. The highest BCUT2D eigenvalue weighted by Gasteiger charge is 2.16. The van der Waals surface area contributed by atoms with Gasteiger partial charge in [0, 0.05) is 34.7 Å². The molecular weight excluding hydrogens is 467 g/mol. The Kier molecular flexibility index (Phi) is 7.74. The molecule has 28 heavy (non-hydrogen) atoms. The van der Waals surface area contributed by atoms with Gasteiger partial charge >= 0.3 is 0 Å². The van der Waals surface area contributed by atoms with E-state index in [1.54, 1.807) is 19.2 Å². The van der Waals surface area contributed by atoms with Crippen molar-refractivity contribution in [3.05, 3.63) is 62.2 Å². The van der Waals surface area contributed by atoms with Crippen molar-refractivity contribution in [1.29, 1.82) is 0 Å². The Hall–Kier alpha value is -2.22. The minimum Gasteiger partial charge on any atom is -0.336 e. The van der Waals surface area contributed by atoms with Gasteiger partial charge < -0.3 is 10.2 Å². The van der Waals surface area contributed by atoms with Gasteiger partial charge in [-0.25, -0.2) is 0 Å². The van der Waals surface area contributed by atoms with Crippen LogP contribution in [0.1, 0.15) is 39.9 Å². The van der Waals surface area contributed by atoms with Crippen LogP contribution in [0.5, 0.6) is 0 Å². The van der Waals surface area contributed by atoms with E-state index in [4.69, 9.17) is 0 Å². The number of halogens is 1. The zero-order chi connectivity index (χ0) is 20.8. The molecule has 6 heteroatoms. The minimum atomic E-state index is -0.255. The van der Waals surface area contributed by atoms with Gasteiger partial charge in [0.05, 0.1) is 6.54 Å². The number of amides is 2. The van der Waals surface area contributed by atoms with E-state index >= 15 is 0 Å². The van der Waals surface area contributed by atoms with E-state index < -0.39 is 0 Å². The predicted octanol–water partition coefficient (Wildman–Crippen LogP) is 4.28. The lowest BCUT2D eigenvalue weighted by atomic mass is 10.1. The van der Waals surface area contributed by atoms with Crippen LogP contribution in [0, 0.1) is 24.3 Å². The van der Waals surface area contributed by atoms with E-state index in [1.807, 2.05) is 45.0 Å². The van der Waals surface area contributed by atoms with E-state index in [0.29, 0.717) is 5.56 Å². The second-order valence-electron chi connectivity index (χ2n) is 7.00. The summed E-state index contributed by atoms with van der Waals surface area (Å²) in [5, 5.41) is 2.89. The molecular formula is C22H25IN2O3. The maximum atomic E-state index is 12.3. The van der Waals surface area contributed by atoms with Crippen LogP contribution in [0.25, 0.3) is 0 Å². The molecule has 0 aliphatic carbocycles. The molecule has 0 unspecified atom stereocenters. The summed E-state index contributed by atoms with van der Waals surface area (Å²) in [5.74, 6) is -0.560. The van der Waals surface area contributed by atoms with Crippen LogP contribution < -0.4 is 5.32 Å². The number of carbonyl (C=O) groups is 3. The van der Waals surface area contributed by atoms with Gasteiger partial charge in [0.25, 0.3) is 0 Å². The summed E-state index contributed by atoms with van der Waals surface area (Å²) in [7, 11) is 1.58. The predicted molar refractivity (Wildman–Crippen MR) is 120 cm³/mol. The number of benzene rings is 2. The van der Waals surface area contributed by atoms with Crippen molar-refractivity contribution >= 4 is 45.9 Å². The molecule has 0 heterocycles. The van der Waals surface area contributed by atoms with Gasteiger partial charge in [-0.3, -0.25) is 14.4 Å². The summed E-state index contributed by atoms with van der Waals surface area (Å²) in [6.07, 6.45) is 0.207. The second kappa shape index (κ2) is 9.82. The normalized spacial score (nSPS) is 10.5. The van der Waals surface area contributed by atoms with Gasteiger partial charge in [0.2, 0.25) is 11.8 Å². The summed E-state index contributed by atoms with van der Waals surface area (Å²) in [4.78, 5) is 38.2. The van der Waals surface area contributed by atoms with Crippen LogP contribution in [0.3, 0.4) is 0 Å². The third kappa shape index (κ3) is 6.15. The van der Waals surface area contributed by atoms with Crippen LogP contribution in [-0.2, 0) is 9.59 Å². The summed E-state index contributed by atoms with van der Waals surface area (Å²) in [6, 6.07) is 11.3. The fourth-order valence-electron chi connectivity index (χ4n) is 3.05. The van der Waals surface area contributed by atoms with Crippen molar-refractivity contribution < 1.29 is 14.4 Å². The molecule has 0 aromatic heterocycles. The molecule has 148 valence electrons. The first-order chi connectivity index (χ1) is 13.2. The zero-order valence-corrected chi connectivity index (χ0v) is 18.8. The van der Waals surface area contributed by atoms with Crippen molar-refractivity contribution in [2.75, 3.05) is 18.9 Å². The van der Waals surface area contributed by atoms with Gasteiger partial charge in [-0.2, -0.15) is 0 Å². The number of Topliss-reactive ketones (excluding diaryl/α,β-unsaturated/α-hetero) is 1. The Bertz CT molecular complexity index is 868. The van der Waals surface area contributed by atoms with Crippen LogP contribution >= 0.6 is 22.6 Å². The highest BCUT2D eigenvalue weighted by Crippen LogP contribution is 2.21. The maximum Gasteiger partial charge on any atom is 0.243 e. The number of aryl methyl sites for hydroxylation is 3. The van der Waals surface area contributed by atoms with Gasteiger partial charge in [0.15, 0.2) is 5.78 Å². The molecule has 0 spiro atoms. The monoisotopic (exact) mass is 492 g/mol. The number of likely N-dealkylation sites (N-methyl/N-ethyl adjacent to an activating group) is 1. The Labute approximate surface area is 179 Å². The van der Waals surface area contributed by atoms with Gasteiger partial charge in [-0.15, -0.1) is 0 Å². The average molecular weight is 492 g/mol. The largest absolute Gasteiger partial charge is 0.336 e. The molecule has 1 N–H and O–H groups in total. The third-order valence-corrected chi connectivity index (χ3v) is 5.20. The second-order valence-corrected chi connectivity index (χ2v) is 8.25. The van der Waals surface area contributed by atoms with Crippen molar-refractivity contribution in [2.24, 2.45) is 0 Å². The van der Waals surface area contributed by atoms with Gasteiger partial charge in [-0.05, 0) is 66.6 Å². The average Bonchev–Trinajstić information content (AvgIpc) is 2.62. The SMILES string of the molecule is Cc1cc(C)c(NC(=O)CN(C)C(=O)CCC(=O)c2ccc(I)cc2)c(C)c1. The molecule has 0 atom stereocenters. The van der Waals surface area contributed by atoms with E-state index in [2.05, 4.69) is 27.9 Å². The van der Waals surface area contributed by atoms with Crippen LogP contribution in [-0.4, -0.2) is 36.1 Å². The van der Waals surface area contributed by atoms with E-state index in [1.165, 1.54) is 4.90 Å². The third-order valence-electron chi connectivity index (χ3n) is 4.48. The number of ketones is 1. The smallest absolute Gasteiger partial charge is 0.243 e. The van der Waals surface area contributed by atoms with Crippen molar-refractivity contribution in [1.82, 2.24) is 4.90 Å². The Morgan fingerprint density at radius 3 is 2.11 bits per heavy atom. The lowest BCUT2D eigenvalue weighted by Crippen LogP contribution is -2.35. The highest BCUT2D eigenvalue weighted by atomic mass is 127. The Balaban J connectivity index is 1.87. The summed E-state index contributed by atoms with van der Waals surface area (Å²) >= 11 is 2.17. The molecule has 0 aliphatic heterocycles. The van der Waals surface area contributed by atoms with E-state index in [0.717, 1.165) is 25.9 Å². The number of hydrogen-bond donors (Lipinski definition) is 1. The standard InChI is InChI=1S/C22H25IN2O3/c1-14-11-15(2)22(16(3)12-14)24-20(27)13-25(4)21(28)10-9-19(26)17-5-7-18(23)8-6-17/h5-8,11-12H,9-10,13H2,1-4H3,(H,24,27). The molecule has 2 aromatic rings. The first-order valence-electron chi connectivity index (χ1n) is 9.08. The Morgan fingerprint density at radius 2 is 1.54 bits per heavy atom.